The quantitative estimate of drug-likeness (QED) is 0.645. The van der Waals surface area contributed by atoms with Crippen molar-refractivity contribution in [2.75, 3.05) is 13.1 Å². The van der Waals surface area contributed by atoms with Gasteiger partial charge in [-0.25, -0.2) is 0 Å². The molecule has 0 spiro atoms. The van der Waals surface area contributed by atoms with Crippen LogP contribution in [-0.2, 0) is 0 Å². The molecule has 0 aliphatic heterocycles. The molecule has 2 nitrogen and oxygen atoms in total. The SMILES string of the molecule is CCCCCCCNCC1(O)CCC(C)(C)CC1. The minimum absolute atomic E-state index is 0.432. The van der Waals surface area contributed by atoms with Gasteiger partial charge in [-0.15, -0.1) is 0 Å². The van der Waals surface area contributed by atoms with Gasteiger partial charge in [-0.05, 0) is 44.1 Å². The summed E-state index contributed by atoms with van der Waals surface area (Å²) in [6, 6.07) is 0. The lowest BCUT2D eigenvalue weighted by Gasteiger charge is -2.40. The van der Waals surface area contributed by atoms with E-state index in [0.29, 0.717) is 5.41 Å². The van der Waals surface area contributed by atoms with E-state index in [1.165, 1.54) is 32.1 Å². The Morgan fingerprint density at radius 2 is 1.56 bits per heavy atom. The van der Waals surface area contributed by atoms with Gasteiger partial charge in [0, 0.05) is 6.54 Å². The molecule has 1 rings (SSSR count). The lowest BCUT2D eigenvalue weighted by molar-refractivity contribution is -0.0242. The maximum Gasteiger partial charge on any atom is 0.0772 e. The Bertz CT molecular complexity index is 215. The van der Waals surface area contributed by atoms with Gasteiger partial charge in [0.25, 0.3) is 0 Å². The second-order valence-corrected chi connectivity index (χ2v) is 6.98. The largest absolute Gasteiger partial charge is 0.389 e. The van der Waals surface area contributed by atoms with E-state index in [1.54, 1.807) is 0 Å². The zero-order valence-corrected chi connectivity index (χ0v) is 12.7. The first-order chi connectivity index (χ1) is 8.47. The monoisotopic (exact) mass is 255 g/mol. The minimum Gasteiger partial charge on any atom is -0.389 e. The van der Waals surface area contributed by atoms with E-state index in [1.807, 2.05) is 0 Å². The third kappa shape index (κ3) is 6.19. The van der Waals surface area contributed by atoms with Gasteiger partial charge in [-0.1, -0.05) is 46.5 Å². The van der Waals surface area contributed by atoms with Gasteiger partial charge >= 0.3 is 0 Å². The highest BCUT2D eigenvalue weighted by atomic mass is 16.3. The molecule has 2 heteroatoms. The zero-order valence-electron chi connectivity index (χ0n) is 12.7. The second kappa shape index (κ2) is 7.49. The van der Waals surface area contributed by atoms with Crippen LogP contribution in [0.2, 0.25) is 0 Å². The molecule has 0 saturated heterocycles. The fraction of sp³-hybridized carbons (Fsp3) is 1.00. The Labute approximate surface area is 114 Å². The van der Waals surface area contributed by atoms with Crippen LogP contribution in [0.25, 0.3) is 0 Å². The first-order valence-corrected chi connectivity index (χ1v) is 7.91. The van der Waals surface area contributed by atoms with Gasteiger partial charge in [-0.3, -0.25) is 0 Å². The highest BCUT2D eigenvalue weighted by molar-refractivity contribution is 4.90. The molecule has 0 heterocycles. The maximum atomic E-state index is 10.5. The highest BCUT2D eigenvalue weighted by Crippen LogP contribution is 2.39. The van der Waals surface area contributed by atoms with Crippen LogP contribution in [0.3, 0.4) is 0 Å². The van der Waals surface area contributed by atoms with Crippen molar-refractivity contribution >= 4 is 0 Å². The topological polar surface area (TPSA) is 32.3 Å². The first-order valence-electron chi connectivity index (χ1n) is 7.91. The van der Waals surface area contributed by atoms with Crippen LogP contribution < -0.4 is 5.32 Å². The van der Waals surface area contributed by atoms with Gasteiger partial charge in [-0.2, -0.15) is 0 Å². The summed E-state index contributed by atoms with van der Waals surface area (Å²) in [5.74, 6) is 0. The number of hydrogen-bond acceptors (Lipinski definition) is 2. The summed E-state index contributed by atoms with van der Waals surface area (Å²) in [6.07, 6.45) is 10.8. The lowest BCUT2D eigenvalue weighted by Crippen LogP contribution is -2.45. The summed E-state index contributed by atoms with van der Waals surface area (Å²) in [5, 5.41) is 13.9. The van der Waals surface area contributed by atoms with Crippen LogP contribution in [0.5, 0.6) is 0 Å². The summed E-state index contributed by atoms with van der Waals surface area (Å²) in [5.41, 5.74) is 0.00528. The Hall–Kier alpha value is -0.0800. The van der Waals surface area contributed by atoms with Crippen molar-refractivity contribution in [1.29, 1.82) is 0 Å². The van der Waals surface area contributed by atoms with Crippen LogP contribution in [0.1, 0.15) is 78.6 Å². The van der Waals surface area contributed by atoms with E-state index < -0.39 is 5.60 Å². The predicted molar refractivity (Wildman–Crippen MR) is 78.8 cm³/mol. The lowest BCUT2D eigenvalue weighted by atomic mass is 9.71. The average molecular weight is 255 g/mol. The summed E-state index contributed by atoms with van der Waals surface area (Å²) < 4.78 is 0. The molecule has 0 radical (unpaired) electrons. The summed E-state index contributed by atoms with van der Waals surface area (Å²) in [7, 11) is 0. The Morgan fingerprint density at radius 1 is 0.944 bits per heavy atom. The third-order valence-electron chi connectivity index (χ3n) is 4.45. The van der Waals surface area contributed by atoms with Crippen LogP contribution in [0, 0.1) is 5.41 Å². The molecule has 1 fully saturated rings. The molecule has 0 bridgehead atoms. The molecular formula is C16H33NO. The van der Waals surface area contributed by atoms with Crippen molar-refractivity contribution in [3.63, 3.8) is 0 Å². The van der Waals surface area contributed by atoms with E-state index in [-0.39, 0.29) is 0 Å². The molecule has 108 valence electrons. The van der Waals surface area contributed by atoms with Gasteiger partial charge in [0.2, 0.25) is 0 Å². The van der Waals surface area contributed by atoms with Gasteiger partial charge in [0.15, 0.2) is 0 Å². The number of nitrogens with one attached hydrogen (secondary N) is 1. The van der Waals surface area contributed by atoms with Crippen LogP contribution >= 0.6 is 0 Å². The van der Waals surface area contributed by atoms with Crippen LogP contribution in [0.4, 0.5) is 0 Å². The smallest absolute Gasteiger partial charge is 0.0772 e. The molecule has 1 aliphatic carbocycles. The Morgan fingerprint density at radius 3 is 2.17 bits per heavy atom. The van der Waals surface area contributed by atoms with Crippen molar-refractivity contribution in [2.24, 2.45) is 5.41 Å². The highest BCUT2D eigenvalue weighted by Gasteiger charge is 2.36. The molecule has 0 aromatic heterocycles. The predicted octanol–water partition coefficient (Wildman–Crippen LogP) is 3.88. The Kier molecular flexibility index (Phi) is 6.65. The van der Waals surface area contributed by atoms with E-state index in [2.05, 4.69) is 26.1 Å². The Balaban J connectivity index is 2.05. The van der Waals surface area contributed by atoms with Crippen molar-refractivity contribution < 1.29 is 5.11 Å². The fourth-order valence-electron chi connectivity index (χ4n) is 2.74. The number of rotatable bonds is 8. The van der Waals surface area contributed by atoms with E-state index in [9.17, 15) is 5.11 Å². The number of hydrogen-bond donors (Lipinski definition) is 2. The van der Waals surface area contributed by atoms with Crippen molar-refractivity contribution in [1.82, 2.24) is 5.32 Å². The van der Waals surface area contributed by atoms with Gasteiger partial charge in [0.05, 0.1) is 5.60 Å². The molecule has 1 saturated carbocycles. The zero-order chi connectivity index (χ0) is 13.5. The molecule has 0 amide bonds. The van der Waals surface area contributed by atoms with E-state index in [4.69, 9.17) is 0 Å². The maximum absolute atomic E-state index is 10.5. The van der Waals surface area contributed by atoms with Gasteiger partial charge in [0.1, 0.15) is 0 Å². The molecule has 18 heavy (non-hydrogen) atoms. The molecule has 0 atom stereocenters. The third-order valence-corrected chi connectivity index (χ3v) is 4.45. The first kappa shape index (κ1) is 16.0. The fourth-order valence-corrected chi connectivity index (χ4v) is 2.74. The molecular weight excluding hydrogens is 222 g/mol. The molecule has 0 aromatic rings. The van der Waals surface area contributed by atoms with E-state index >= 15 is 0 Å². The standard InChI is InChI=1S/C16H33NO/c1-4-5-6-7-8-13-17-14-16(18)11-9-15(2,3)10-12-16/h17-18H,4-14H2,1-3H3. The van der Waals surface area contributed by atoms with E-state index in [0.717, 1.165) is 38.8 Å². The van der Waals surface area contributed by atoms with Crippen LogP contribution in [-0.4, -0.2) is 23.8 Å². The van der Waals surface area contributed by atoms with Gasteiger partial charge < -0.3 is 10.4 Å². The normalized spacial score (nSPS) is 22.0. The van der Waals surface area contributed by atoms with Crippen molar-refractivity contribution in [2.45, 2.75) is 84.2 Å². The number of aliphatic hydroxyl groups is 1. The van der Waals surface area contributed by atoms with Crippen molar-refractivity contribution in [3.8, 4) is 0 Å². The molecule has 2 N–H and O–H groups in total. The molecule has 0 unspecified atom stereocenters. The molecule has 1 aliphatic rings. The number of unbranched alkanes of at least 4 members (excludes halogenated alkanes) is 4. The van der Waals surface area contributed by atoms with Crippen molar-refractivity contribution in [3.05, 3.63) is 0 Å². The minimum atomic E-state index is -0.432. The average Bonchev–Trinajstić information content (AvgIpc) is 2.33. The summed E-state index contributed by atoms with van der Waals surface area (Å²) in [4.78, 5) is 0. The second-order valence-electron chi connectivity index (χ2n) is 6.98. The molecule has 0 aromatic carbocycles. The summed E-state index contributed by atoms with van der Waals surface area (Å²) in [6.45, 7) is 8.73. The van der Waals surface area contributed by atoms with Crippen LogP contribution in [0.15, 0.2) is 0 Å². The summed E-state index contributed by atoms with van der Waals surface area (Å²) >= 11 is 0.